The maximum Gasteiger partial charge on any atom is 0.355 e. The first-order chi connectivity index (χ1) is 9.63. The van der Waals surface area contributed by atoms with Crippen molar-refractivity contribution in [1.29, 1.82) is 0 Å². The van der Waals surface area contributed by atoms with E-state index >= 15 is 0 Å². The van der Waals surface area contributed by atoms with Crippen LogP contribution in [0, 0.1) is 6.92 Å². The Labute approximate surface area is 122 Å². The highest BCUT2D eigenvalue weighted by Crippen LogP contribution is 2.28. The van der Waals surface area contributed by atoms with Gasteiger partial charge in [-0.2, -0.15) is 0 Å². The zero-order valence-corrected chi connectivity index (χ0v) is 12.1. The fourth-order valence-electron chi connectivity index (χ4n) is 1.73. The average Bonchev–Trinajstić information content (AvgIpc) is 3.03. The number of aromatic carboxylic acids is 1. The standard InChI is InChI=1S/C13H10N2O3S2/c1-7-3-2-4-9-11(7)15-13(18-9)20-6-10-14-8(5-19-10)12(16)17/h2-5H,6H2,1H3,(H,16,17). The van der Waals surface area contributed by atoms with Crippen LogP contribution in [0.2, 0.25) is 0 Å². The Morgan fingerprint density at radius 2 is 2.30 bits per heavy atom. The van der Waals surface area contributed by atoms with Crippen molar-refractivity contribution in [1.82, 2.24) is 9.97 Å². The maximum atomic E-state index is 10.7. The summed E-state index contributed by atoms with van der Waals surface area (Å²) in [6.45, 7) is 1.99. The number of carboxylic acid groups (broad SMARTS) is 1. The molecule has 0 atom stereocenters. The van der Waals surface area contributed by atoms with Crippen molar-refractivity contribution in [3.8, 4) is 0 Å². The second-order valence-electron chi connectivity index (χ2n) is 4.12. The molecule has 3 rings (SSSR count). The number of aryl methyl sites for hydroxylation is 1. The third-order valence-corrected chi connectivity index (χ3v) is 4.56. The minimum absolute atomic E-state index is 0.0824. The summed E-state index contributed by atoms with van der Waals surface area (Å²) in [4.78, 5) is 19.2. The van der Waals surface area contributed by atoms with Crippen molar-refractivity contribution >= 4 is 40.2 Å². The summed E-state index contributed by atoms with van der Waals surface area (Å²) < 4.78 is 5.64. The van der Waals surface area contributed by atoms with Gasteiger partial charge in [-0.05, 0) is 18.6 Å². The molecule has 1 N–H and O–H groups in total. The van der Waals surface area contributed by atoms with Crippen LogP contribution in [0.5, 0.6) is 0 Å². The van der Waals surface area contributed by atoms with Gasteiger partial charge in [0.15, 0.2) is 11.3 Å². The molecule has 0 amide bonds. The van der Waals surface area contributed by atoms with Gasteiger partial charge >= 0.3 is 5.97 Å². The van der Waals surface area contributed by atoms with Crippen LogP contribution in [0.15, 0.2) is 33.2 Å². The normalized spacial score (nSPS) is 11.1. The molecule has 0 spiro atoms. The van der Waals surface area contributed by atoms with E-state index in [9.17, 15) is 4.79 Å². The highest BCUT2D eigenvalue weighted by atomic mass is 32.2. The number of hydrogen-bond acceptors (Lipinski definition) is 6. The molecule has 0 bridgehead atoms. The Kier molecular flexibility index (Phi) is 3.45. The number of fused-ring (bicyclic) bond motifs is 1. The van der Waals surface area contributed by atoms with E-state index in [4.69, 9.17) is 9.52 Å². The summed E-state index contributed by atoms with van der Waals surface area (Å²) in [5, 5.41) is 11.7. The Morgan fingerprint density at radius 3 is 3.00 bits per heavy atom. The van der Waals surface area contributed by atoms with Gasteiger partial charge in [0.25, 0.3) is 5.22 Å². The number of thioether (sulfide) groups is 1. The molecule has 5 nitrogen and oxygen atoms in total. The molecule has 0 aliphatic carbocycles. The third kappa shape index (κ3) is 2.54. The molecule has 2 aromatic heterocycles. The number of nitrogens with zero attached hydrogens (tertiary/aromatic N) is 2. The summed E-state index contributed by atoms with van der Waals surface area (Å²) in [6, 6.07) is 5.79. The van der Waals surface area contributed by atoms with Crippen molar-refractivity contribution in [2.75, 3.05) is 0 Å². The molecule has 20 heavy (non-hydrogen) atoms. The van der Waals surface area contributed by atoms with Crippen molar-refractivity contribution in [2.24, 2.45) is 0 Å². The zero-order chi connectivity index (χ0) is 14.1. The van der Waals surface area contributed by atoms with Crippen LogP contribution >= 0.6 is 23.1 Å². The Morgan fingerprint density at radius 1 is 1.45 bits per heavy atom. The summed E-state index contributed by atoms with van der Waals surface area (Å²) in [7, 11) is 0. The van der Waals surface area contributed by atoms with Gasteiger partial charge in [-0.3, -0.25) is 0 Å². The Hall–Kier alpha value is -1.86. The van der Waals surface area contributed by atoms with Crippen LogP contribution in [0.3, 0.4) is 0 Å². The summed E-state index contributed by atoms with van der Waals surface area (Å²) in [5.74, 6) is -0.459. The predicted octanol–water partition coefficient (Wildman–Crippen LogP) is 3.58. The van der Waals surface area contributed by atoms with E-state index in [0.717, 1.165) is 21.7 Å². The maximum absolute atomic E-state index is 10.7. The number of carbonyl (C=O) groups is 1. The molecule has 0 aliphatic rings. The molecular weight excluding hydrogens is 296 g/mol. The van der Waals surface area contributed by atoms with Crippen LogP contribution in [0.4, 0.5) is 0 Å². The van der Waals surface area contributed by atoms with Crippen molar-refractivity contribution in [3.05, 3.63) is 39.8 Å². The van der Waals surface area contributed by atoms with Gasteiger partial charge < -0.3 is 9.52 Å². The molecule has 7 heteroatoms. The summed E-state index contributed by atoms with van der Waals surface area (Å²) in [5.41, 5.74) is 2.78. The number of hydrogen-bond donors (Lipinski definition) is 1. The number of carboxylic acids is 1. The molecule has 0 saturated carbocycles. The molecule has 1 aromatic carbocycles. The zero-order valence-electron chi connectivity index (χ0n) is 10.5. The molecule has 0 unspecified atom stereocenters. The fourth-order valence-corrected chi connectivity index (χ4v) is 3.34. The molecule has 102 valence electrons. The molecule has 0 aliphatic heterocycles. The predicted molar refractivity (Wildman–Crippen MR) is 77.4 cm³/mol. The van der Waals surface area contributed by atoms with Gasteiger partial charge in [-0.15, -0.1) is 11.3 Å². The van der Waals surface area contributed by atoms with Gasteiger partial charge in [0, 0.05) is 5.38 Å². The summed E-state index contributed by atoms with van der Waals surface area (Å²) in [6.07, 6.45) is 0. The lowest BCUT2D eigenvalue weighted by Crippen LogP contribution is -1.96. The van der Waals surface area contributed by atoms with Gasteiger partial charge in [0.05, 0.1) is 5.75 Å². The molecule has 0 fully saturated rings. The van der Waals surface area contributed by atoms with Gasteiger partial charge in [0.1, 0.15) is 10.5 Å². The van der Waals surface area contributed by atoms with E-state index in [-0.39, 0.29) is 5.69 Å². The molecule has 3 aromatic rings. The molecule has 0 saturated heterocycles. The number of oxazole rings is 1. The number of aromatic nitrogens is 2. The highest BCUT2D eigenvalue weighted by molar-refractivity contribution is 7.98. The first kappa shape index (κ1) is 13.1. The Balaban J connectivity index is 1.76. The van der Waals surface area contributed by atoms with Crippen LogP contribution in [0.25, 0.3) is 11.1 Å². The first-order valence-corrected chi connectivity index (χ1v) is 7.66. The van der Waals surface area contributed by atoms with Gasteiger partial charge in [0.2, 0.25) is 0 Å². The topological polar surface area (TPSA) is 76.2 Å². The lowest BCUT2D eigenvalue weighted by molar-refractivity contribution is 0.0691. The second-order valence-corrected chi connectivity index (χ2v) is 5.99. The smallest absolute Gasteiger partial charge is 0.355 e. The SMILES string of the molecule is Cc1cccc2oc(SCc3nc(C(=O)O)cs3)nc12. The number of rotatable bonds is 4. The number of thiazole rings is 1. The lowest BCUT2D eigenvalue weighted by atomic mass is 10.2. The average molecular weight is 306 g/mol. The first-order valence-electron chi connectivity index (χ1n) is 5.80. The fraction of sp³-hybridized carbons (Fsp3) is 0.154. The molecule has 0 radical (unpaired) electrons. The van der Waals surface area contributed by atoms with Crippen LogP contribution in [-0.2, 0) is 5.75 Å². The van der Waals surface area contributed by atoms with E-state index < -0.39 is 5.97 Å². The lowest BCUT2D eigenvalue weighted by Gasteiger charge is -1.91. The summed E-state index contributed by atoms with van der Waals surface area (Å²) >= 11 is 2.74. The quantitative estimate of drug-likeness (QED) is 0.742. The van der Waals surface area contributed by atoms with Crippen LogP contribution in [-0.4, -0.2) is 21.0 Å². The largest absolute Gasteiger partial charge is 0.476 e. The van der Waals surface area contributed by atoms with E-state index in [0.29, 0.717) is 11.0 Å². The van der Waals surface area contributed by atoms with Crippen molar-refractivity contribution < 1.29 is 14.3 Å². The minimum atomic E-state index is -1.00. The number of benzene rings is 1. The Bertz CT molecular complexity index is 779. The van der Waals surface area contributed by atoms with E-state index in [1.807, 2.05) is 25.1 Å². The van der Waals surface area contributed by atoms with Crippen LogP contribution < -0.4 is 0 Å². The molecule has 2 heterocycles. The monoisotopic (exact) mass is 306 g/mol. The van der Waals surface area contributed by atoms with Gasteiger partial charge in [-0.25, -0.2) is 14.8 Å². The second kappa shape index (κ2) is 5.26. The van der Waals surface area contributed by atoms with E-state index in [1.165, 1.54) is 28.5 Å². The van der Waals surface area contributed by atoms with Crippen molar-refractivity contribution in [2.45, 2.75) is 17.9 Å². The van der Waals surface area contributed by atoms with E-state index in [2.05, 4.69) is 9.97 Å². The van der Waals surface area contributed by atoms with Crippen LogP contribution in [0.1, 0.15) is 21.1 Å². The highest BCUT2D eigenvalue weighted by Gasteiger charge is 2.12. The van der Waals surface area contributed by atoms with Gasteiger partial charge in [-0.1, -0.05) is 23.9 Å². The third-order valence-electron chi connectivity index (χ3n) is 2.69. The molecular formula is C13H10N2O3S2. The van der Waals surface area contributed by atoms with Crippen molar-refractivity contribution in [3.63, 3.8) is 0 Å². The minimum Gasteiger partial charge on any atom is -0.476 e. The van der Waals surface area contributed by atoms with E-state index in [1.54, 1.807) is 0 Å². The number of para-hydroxylation sites is 1.